The molecule has 0 fully saturated rings. The van der Waals surface area contributed by atoms with Crippen LogP contribution < -0.4 is 21.3 Å². The second kappa shape index (κ2) is 18.1. The molecule has 0 saturated carbocycles. The van der Waals surface area contributed by atoms with Gasteiger partial charge in [0.25, 0.3) is 0 Å². The number of nitrogens with zero attached hydrogens (tertiary/aromatic N) is 1. The van der Waals surface area contributed by atoms with E-state index in [1.807, 2.05) is 23.5 Å². The standard InChI is InChI=1S/C33H45N5O9S/c1-34-18-36-23(31(42)43)8-9-26(39)37-24(29(40)38-30(41)32(44)45)17-48-25-7-5-3-2-4-6-21-15-20(14-19-10-12-35-13-11-19)16-22-27(21)28(25)47-33(22)46/h10-13,16,21-25,30,34,36,41H,2-9,14-15,17-18H2,1H3,(H,37,39)(H,38,40)(H,42,43)(H,44,45)/t21-,22+,23+,24+,25+,30+/m1/s1. The molecule has 2 heterocycles. The fraction of sp³-hybridized carbons (Fsp3) is 0.576. The maximum absolute atomic E-state index is 13.3. The third-order valence-corrected chi connectivity index (χ3v) is 10.2. The molecule has 0 spiro atoms. The molecule has 14 nitrogen and oxygen atoms in total. The molecule has 1 aromatic heterocycles. The van der Waals surface area contributed by atoms with E-state index in [0.717, 1.165) is 56.1 Å². The molecular weight excluding hydrogens is 642 g/mol. The molecule has 262 valence electrons. The third kappa shape index (κ3) is 10.4. The van der Waals surface area contributed by atoms with Crippen molar-refractivity contribution >= 4 is 41.5 Å². The van der Waals surface area contributed by atoms with Crippen LogP contribution in [0.2, 0.25) is 0 Å². The van der Waals surface area contributed by atoms with Gasteiger partial charge in [0.1, 0.15) is 23.8 Å². The van der Waals surface area contributed by atoms with Gasteiger partial charge in [-0.05, 0) is 68.3 Å². The van der Waals surface area contributed by atoms with Gasteiger partial charge in [0.05, 0.1) is 5.25 Å². The summed E-state index contributed by atoms with van der Waals surface area (Å²) in [7, 11) is 1.64. The van der Waals surface area contributed by atoms with Gasteiger partial charge in [0.2, 0.25) is 18.0 Å². The molecule has 0 bridgehead atoms. The van der Waals surface area contributed by atoms with Gasteiger partial charge in [0, 0.05) is 31.2 Å². The minimum atomic E-state index is -2.18. The van der Waals surface area contributed by atoms with Crippen molar-refractivity contribution in [3.63, 3.8) is 0 Å². The molecule has 0 unspecified atom stereocenters. The van der Waals surface area contributed by atoms with Gasteiger partial charge in [-0.15, -0.1) is 11.8 Å². The van der Waals surface area contributed by atoms with Crippen LogP contribution in [0.25, 0.3) is 0 Å². The van der Waals surface area contributed by atoms with Crippen molar-refractivity contribution in [1.29, 1.82) is 0 Å². The highest BCUT2D eigenvalue weighted by Gasteiger charge is 2.44. The van der Waals surface area contributed by atoms with E-state index in [0.29, 0.717) is 12.2 Å². The molecule has 6 atom stereocenters. The van der Waals surface area contributed by atoms with Crippen LogP contribution >= 0.6 is 11.8 Å². The lowest BCUT2D eigenvalue weighted by atomic mass is 9.74. The zero-order valence-corrected chi connectivity index (χ0v) is 27.8. The molecule has 15 heteroatoms. The Morgan fingerprint density at radius 3 is 2.44 bits per heavy atom. The number of thioether (sulfide) groups is 1. The predicted octanol–water partition coefficient (Wildman–Crippen LogP) is 1.46. The summed E-state index contributed by atoms with van der Waals surface area (Å²) in [5.41, 5.74) is 3.29. The van der Waals surface area contributed by atoms with Crippen LogP contribution in [-0.4, -0.2) is 93.1 Å². The zero-order chi connectivity index (χ0) is 34.6. The lowest BCUT2D eigenvalue weighted by Gasteiger charge is -2.30. The lowest BCUT2D eigenvalue weighted by molar-refractivity contribution is -0.151. The van der Waals surface area contributed by atoms with E-state index in [1.54, 1.807) is 19.4 Å². The number of nitrogens with one attached hydrogen (secondary N) is 4. The SMILES string of the molecule is CNCN[C@@H](CCC(=O)N[C@@H](CS[C@H]1CCCCCC[C@@H]2CC(Cc3ccncc3)=C[C@@H]3C(=O)OC1=C23)C(=O)N[C@@H](O)C(=O)O)C(=O)O. The van der Waals surface area contributed by atoms with Crippen LogP contribution in [0.15, 0.2) is 47.5 Å². The predicted molar refractivity (Wildman–Crippen MR) is 176 cm³/mol. The number of hydrogen-bond donors (Lipinski definition) is 7. The number of aliphatic hydroxyl groups is 1. The number of carboxylic acid groups (broad SMARTS) is 2. The van der Waals surface area contributed by atoms with E-state index in [2.05, 4.69) is 20.9 Å². The van der Waals surface area contributed by atoms with E-state index in [1.165, 1.54) is 17.3 Å². The number of rotatable bonds is 16. The molecule has 4 rings (SSSR count). The molecule has 1 aliphatic heterocycles. The Balaban J connectivity index is 1.53. The van der Waals surface area contributed by atoms with Crippen molar-refractivity contribution in [3.05, 3.63) is 53.1 Å². The number of amides is 2. The fourth-order valence-electron chi connectivity index (χ4n) is 6.39. The van der Waals surface area contributed by atoms with Gasteiger partial charge in [-0.2, -0.15) is 0 Å². The second-order valence-electron chi connectivity index (χ2n) is 12.3. The minimum absolute atomic E-state index is 0.0122. The first-order chi connectivity index (χ1) is 23.1. The van der Waals surface area contributed by atoms with Gasteiger partial charge < -0.3 is 36.0 Å². The van der Waals surface area contributed by atoms with Crippen molar-refractivity contribution in [2.45, 2.75) is 87.8 Å². The van der Waals surface area contributed by atoms with Crippen molar-refractivity contribution < 1.29 is 44.0 Å². The summed E-state index contributed by atoms with van der Waals surface area (Å²) in [6.07, 6.45) is 10.1. The molecule has 0 radical (unpaired) electrons. The first-order valence-electron chi connectivity index (χ1n) is 16.3. The summed E-state index contributed by atoms with van der Waals surface area (Å²) in [4.78, 5) is 66.3. The van der Waals surface area contributed by atoms with Gasteiger partial charge in [0.15, 0.2) is 0 Å². The van der Waals surface area contributed by atoms with Crippen LogP contribution in [0.4, 0.5) is 0 Å². The van der Waals surface area contributed by atoms with Gasteiger partial charge in [-0.1, -0.05) is 37.3 Å². The van der Waals surface area contributed by atoms with Crippen LogP contribution in [0, 0.1) is 11.8 Å². The zero-order valence-electron chi connectivity index (χ0n) is 27.0. The molecule has 0 saturated heterocycles. The number of carbonyl (C=O) groups excluding carboxylic acids is 3. The number of hydrogen-bond acceptors (Lipinski definition) is 11. The summed E-state index contributed by atoms with van der Waals surface area (Å²) in [6.45, 7) is 0.209. The van der Waals surface area contributed by atoms with E-state index >= 15 is 0 Å². The van der Waals surface area contributed by atoms with Crippen molar-refractivity contribution in [2.75, 3.05) is 19.5 Å². The summed E-state index contributed by atoms with van der Waals surface area (Å²) in [6, 6.07) is 1.67. The molecule has 48 heavy (non-hydrogen) atoms. The normalized spacial score (nSPS) is 22.8. The highest BCUT2D eigenvalue weighted by molar-refractivity contribution is 8.00. The van der Waals surface area contributed by atoms with E-state index < -0.39 is 48.0 Å². The van der Waals surface area contributed by atoms with Crippen molar-refractivity contribution in [1.82, 2.24) is 26.3 Å². The topological polar surface area (TPSA) is 216 Å². The summed E-state index contributed by atoms with van der Waals surface area (Å²) in [5, 5.41) is 38.2. The second-order valence-corrected chi connectivity index (χ2v) is 13.6. The van der Waals surface area contributed by atoms with E-state index in [4.69, 9.17) is 9.84 Å². The largest absolute Gasteiger partial charge is 0.480 e. The third-order valence-electron chi connectivity index (χ3n) is 8.79. The average molecular weight is 688 g/mol. The number of aliphatic carboxylic acids is 2. The number of aromatic nitrogens is 1. The summed E-state index contributed by atoms with van der Waals surface area (Å²) in [5.74, 6) is -4.41. The number of carboxylic acids is 2. The number of allylic oxidation sites excluding steroid dienone is 1. The Morgan fingerprint density at radius 2 is 1.75 bits per heavy atom. The minimum Gasteiger partial charge on any atom is -0.480 e. The maximum atomic E-state index is 13.3. The quantitative estimate of drug-likeness (QED) is 0.0745. The van der Waals surface area contributed by atoms with Crippen molar-refractivity contribution in [3.8, 4) is 0 Å². The molecule has 7 N–H and O–H groups in total. The van der Waals surface area contributed by atoms with Gasteiger partial charge in [-0.25, -0.2) is 4.79 Å². The van der Waals surface area contributed by atoms with Crippen LogP contribution in [-0.2, 0) is 35.1 Å². The Morgan fingerprint density at radius 1 is 1.02 bits per heavy atom. The molecule has 2 amide bonds. The van der Waals surface area contributed by atoms with Crippen molar-refractivity contribution in [2.24, 2.45) is 11.8 Å². The van der Waals surface area contributed by atoms with E-state index in [-0.39, 0.29) is 42.4 Å². The van der Waals surface area contributed by atoms with Crippen LogP contribution in [0.5, 0.6) is 0 Å². The Labute approximate surface area is 283 Å². The molecular formula is C33H45N5O9S. The first-order valence-corrected chi connectivity index (χ1v) is 17.4. The van der Waals surface area contributed by atoms with Gasteiger partial charge in [-0.3, -0.25) is 29.5 Å². The molecule has 1 aromatic rings. The molecule has 0 aromatic carbocycles. The van der Waals surface area contributed by atoms with E-state index in [9.17, 15) is 34.2 Å². The average Bonchev–Trinajstić information content (AvgIpc) is 3.39. The fourth-order valence-corrected chi connectivity index (χ4v) is 7.72. The van der Waals surface area contributed by atoms with Crippen LogP contribution in [0.1, 0.15) is 63.4 Å². The smallest absolute Gasteiger partial charge is 0.353 e. The van der Waals surface area contributed by atoms with Gasteiger partial charge >= 0.3 is 17.9 Å². The molecule has 3 aliphatic rings. The highest BCUT2D eigenvalue weighted by atomic mass is 32.2. The number of ether oxygens (including phenoxy) is 1. The summed E-state index contributed by atoms with van der Waals surface area (Å²) < 4.78 is 6.00. The number of pyridine rings is 1. The number of carbonyl (C=O) groups is 5. The lowest BCUT2D eigenvalue weighted by Crippen LogP contribution is -2.53. The first kappa shape index (κ1) is 37.0. The highest BCUT2D eigenvalue weighted by Crippen LogP contribution is 2.47. The van der Waals surface area contributed by atoms with Crippen LogP contribution in [0.3, 0.4) is 0 Å². The number of aliphatic hydroxyl groups excluding tert-OH is 1. The Hall–Kier alpha value is -3.79. The maximum Gasteiger partial charge on any atom is 0.353 e. The number of esters is 1. The molecule has 2 aliphatic carbocycles. The Bertz CT molecular complexity index is 1390. The monoisotopic (exact) mass is 687 g/mol. The Kier molecular flexibility index (Phi) is 14.0. The summed E-state index contributed by atoms with van der Waals surface area (Å²) >= 11 is 1.33.